The van der Waals surface area contributed by atoms with Crippen molar-refractivity contribution in [1.82, 2.24) is 0 Å². The first-order valence-electron chi connectivity index (χ1n) is 10.4. The van der Waals surface area contributed by atoms with Crippen molar-refractivity contribution in [3.8, 4) is 6.07 Å². The number of benzene rings is 1. The van der Waals surface area contributed by atoms with Gasteiger partial charge in [-0.25, -0.2) is 0 Å². The van der Waals surface area contributed by atoms with Gasteiger partial charge < -0.3 is 9.47 Å². The molecule has 3 nitrogen and oxygen atoms in total. The maximum Gasteiger partial charge on any atom is 0.183 e. The largest absolute Gasteiger partial charge is 0.348 e. The molecule has 1 atom stereocenters. The van der Waals surface area contributed by atoms with Crippen molar-refractivity contribution >= 4 is 0 Å². The van der Waals surface area contributed by atoms with Crippen molar-refractivity contribution in [2.45, 2.75) is 65.1 Å². The van der Waals surface area contributed by atoms with Gasteiger partial charge in [-0.05, 0) is 42.7 Å². The van der Waals surface area contributed by atoms with Crippen LogP contribution in [0.15, 0.2) is 24.3 Å². The Morgan fingerprint density at radius 1 is 1.04 bits per heavy atom. The van der Waals surface area contributed by atoms with Crippen molar-refractivity contribution in [3.05, 3.63) is 35.4 Å². The molecule has 0 bridgehead atoms. The Labute approximate surface area is 158 Å². The zero-order valence-electron chi connectivity index (χ0n) is 16.3. The first-order valence-corrected chi connectivity index (χ1v) is 10.4. The molecule has 0 radical (unpaired) electrons. The minimum atomic E-state index is -0.282. The van der Waals surface area contributed by atoms with Gasteiger partial charge in [-0.1, -0.05) is 58.1 Å². The van der Waals surface area contributed by atoms with Gasteiger partial charge in [-0.15, -0.1) is 0 Å². The fourth-order valence-corrected chi connectivity index (χ4v) is 4.61. The molecule has 1 aliphatic heterocycles. The third-order valence-electron chi connectivity index (χ3n) is 6.58. The fourth-order valence-electron chi connectivity index (χ4n) is 4.61. The van der Waals surface area contributed by atoms with Gasteiger partial charge in [0.2, 0.25) is 0 Å². The van der Waals surface area contributed by atoms with Crippen LogP contribution in [0.5, 0.6) is 0 Å². The molecule has 0 aromatic heterocycles. The standard InChI is InChI=1S/C23H33NO2/c1-3-4-5-18-6-10-20(11-7-18)17(2)22-15-25-23(26-16-22)21-12-8-19(14-24)9-13-21/h8-9,12-13,17-18,20,22-23H,3-7,10-11,15-16H2,1-2H3. The van der Waals surface area contributed by atoms with Crippen LogP contribution in [-0.2, 0) is 9.47 Å². The van der Waals surface area contributed by atoms with Crippen molar-refractivity contribution in [2.75, 3.05) is 13.2 Å². The Balaban J connectivity index is 1.45. The monoisotopic (exact) mass is 355 g/mol. The second-order valence-corrected chi connectivity index (χ2v) is 8.27. The molecule has 0 spiro atoms. The molecular formula is C23H33NO2. The third-order valence-corrected chi connectivity index (χ3v) is 6.58. The molecule has 1 aromatic carbocycles. The van der Waals surface area contributed by atoms with Crippen LogP contribution in [0.2, 0.25) is 0 Å². The van der Waals surface area contributed by atoms with Crippen LogP contribution in [-0.4, -0.2) is 13.2 Å². The van der Waals surface area contributed by atoms with Crippen LogP contribution in [0.4, 0.5) is 0 Å². The maximum atomic E-state index is 8.90. The molecule has 1 heterocycles. The smallest absolute Gasteiger partial charge is 0.183 e. The number of hydrogen-bond donors (Lipinski definition) is 0. The maximum absolute atomic E-state index is 8.90. The number of rotatable bonds is 6. The van der Waals surface area contributed by atoms with Gasteiger partial charge in [0.1, 0.15) is 0 Å². The summed E-state index contributed by atoms with van der Waals surface area (Å²) in [4.78, 5) is 0. The highest BCUT2D eigenvalue weighted by molar-refractivity contribution is 5.32. The molecule has 26 heavy (non-hydrogen) atoms. The molecule has 0 N–H and O–H groups in total. The fraction of sp³-hybridized carbons (Fsp3) is 0.696. The topological polar surface area (TPSA) is 42.2 Å². The van der Waals surface area contributed by atoms with E-state index in [9.17, 15) is 0 Å². The molecule has 1 saturated heterocycles. The van der Waals surface area contributed by atoms with Gasteiger partial charge in [-0.3, -0.25) is 0 Å². The number of unbranched alkanes of at least 4 members (excludes halogenated alkanes) is 1. The van der Waals surface area contributed by atoms with E-state index in [1.807, 2.05) is 24.3 Å². The summed E-state index contributed by atoms with van der Waals surface area (Å²) in [5.41, 5.74) is 1.68. The first-order chi connectivity index (χ1) is 12.7. The summed E-state index contributed by atoms with van der Waals surface area (Å²) in [6.45, 7) is 6.25. The zero-order valence-corrected chi connectivity index (χ0v) is 16.3. The highest BCUT2D eigenvalue weighted by Crippen LogP contribution is 2.40. The van der Waals surface area contributed by atoms with E-state index in [4.69, 9.17) is 14.7 Å². The molecule has 1 saturated carbocycles. The van der Waals surface area contributed by atoms with Gasteiger partial charge in [-0.2, -0.15) is 5.26 Å². The number of nitrogens with zero attached hydrogens (tertiary/aromatic N) is 1. The van der Waals surface area contributed by atoms with Gasteiger partial charge in [0, 0.05) is 11.5 Å². The van der Waals surface area contributed by atoms with Crippen LogP contribution < -0.4 is 0 Å². The summed E-state index contributed by atoms with van der Waals surface area (Å²) in [6, 6.07) is 9.67. The number of nitriles is 1. The second kappa shape index (κ2) is 9.53. The molecule has 2 fully saturated rings. The van der Waals surface area contributed by atoms with E-state index >= 15 is 0 Å². The van der Waals surface area contributed by atoms with E-state index in [0.717, 1.165) is 30.6 Å². The predicted molar refractivity (Wildman–Crippen MR) is 103 cm³/mol. The number of hydrogen-bond acceptors (Lipinski definition) is 3. The Morgan fingerprint density at radius 2 is 1.69 bits per heavy atom. The van der Waals surface area contributed by atoms with E-state index in [1.165, 1.54) is 44.9 Å². The minimum absolute atomic E-state index is 0.282. The SMILES string of the molecule is CCCCC1CCC(C(C)C2COC(c3ccc(C#N)cc3)OC2)CC1. The van der Waals surface area contributed by atoms with Crippen molar-refractivity contribution in [2.24, 2.45) is 23.7 Å². The average molecular weight is 356 g/mol. The summed E-state index contributed by atoms with van der Waals surface area (Å²) in [5, 5.41) is 8.90. The lowest BCUT2D eigenvalue weighted by atomic mass is 9.71. The highest BCUT2D eigenvalue weighted by atomic mass is 16.7. The summed E-state index contributed by atoms with van der Waals surface area (Å²) in [7, 11) is 0. The van der Waals surface area contributed by atoms with E-state index < -0.39 is 0 Å². The lowest BCUT2D eigenvalue weighted by molar-refractivity contribution is -0.215. The lowest BCUT2D eigenvalue weighted by Gasteiger charge is -2.39. The van der Waals surface area contributed by atoms with Gasteiger partial charge in [0.05, 0.1) is 24.8 Å². The molecule has 0 amide bonds. The zero-order chi connectivity index (χ0) is 18.4. The van der Waals surface area contributed by atoms with Crippen molar-refractivity contribution in [3.63, 3.8) is 0 Å². The molecule has 1 aliphatic carbocycles. The quantitative estimate of drug-likeness (QED) is 0.642. The molecular weight excluding hydrogens is 322 g/mol. The van der Waals surface area contributed by atoms with Crippen LogP contribution in [0.1, 0.15) is 76.2 Å². The third kappa shape index (κ3) is 4.87. The van der Waals surface area contributed by atoms with E-state index in [-0.39, 0.29) is 6.29 Å². The molecule has 3 rings (SSSR count). The Bertz CT molecular complexity index is 575. The Morgan fingerprint density at radius 3 is 2.27 bits per heavy atom. The molecule has 3 heteroatoms. The average Bonchev–Trinajstić information content (AvgIpc) is 2.72. The second-order valence-electron chi connectivity index (χ2n) is 8.27. The molecule has 1 unspecified atom stereocenters. The Hall–Kier alpha value is -1.37. The first kappa shape index (κ1) is 19.4. The van der Waals surface area contributed by atoms with Crippen molar-refractivity contribution < 1.29 is 9.47 Å². The summed E-state index contributed by atoms with van der Waals surface area (Å²) >= 11 is 0. The van der Waals surface area contributed by atoms with Crippen LogP contribution in [0, 0.1) is 35.0 Å². The van der Waals surface area contributed by atoms with Crippen LogP contribution in [0.25, 0.3) is 0 Å². The molecule has 1 aromatic rings. The highest BCUT2D eigenvalue weighted by Gasteiger charge is 2.33. The van der Waals surface area contributed by atoms with Gasteiger partial charge >= 0.3 is 0 Å². The summed E-state index contributed by atoms with van der Waals surface area (Å²) in [5.74, 6) is 2.97. The minimum Gasteiger partial charge on any atom is -0.348 e. The summed E-state index contributed by atoms with van der Waals surface area (Å²) < 4.78 is 12.1. The van der Waals surface area contributed by atoms with Crippen molar-refractivity contribution in [1.29, 1.82) is 5.26 Å². The molecule has 142 valence electrons. The van der Waals surface area contributed by atoms with E-state index in [2.05, 4.69) is 19.9 Å². The number of ether oxygens (including phenoxy) is 2. The van der Waals surface area contributed by atoms with Crippen LogP contribution in [0.3, 0.4) is 0 Å². The van der Waals surface area contributed by atoms with Gasteiger partial charge in [0.15, 0.2) is 6.29 Å². The van der Waals surface area contributed by atoms with E-state index in [1.54, 1.807) is 0 Å². The van der Waals surface area contributed by atoms with Gasteiger partial charge in [0.25, 0.3) is 0 Å². The molecule has 2 aliphatic rings. The van der Waals surface area contributed by atoms with Crippen LogP contribution >= 0.6 is 0 Å². The van der Waals surface area contributed by atoms with E-state index in [0.29, 0.717) is 17.4 Å². The predicted octanol–water partition coefficient (Wildman–Crippen LogP) is 5.85. The lowest BCUT2D eigenvalue weighted by Crippen LogP contribution is -2.35. The summed E-state index contributed by atoms with van der Waals surface area (Å²) in [6.07, 6.45) is 9.46. The Kier molecular flexibility index (Phi) is 7.11. The normalized spacial score (nSPS) is 30.5.